The number of rotatable bonds is 6. The first-order valence-electron chi connectivity index (χ1n) is 4.56. The predicted molar refractivity (Wildman–Crippen MR) is 57.2 cm³/mol. The first-order chi connectivity index (χ1) is 7.76. The summed E-state index contributed by atoms with van der Waals surface area (Å²) in [5.74, 6) is -3.89. The Morgan fingerprint density at radius 2 is 1.59 bits per heavy atom. The van der Waals surface area contributed by atoms with Crippen LogP contribution in [0.5, 0.6) is 0 Å². The first kappa shape index (κ1) is 14.8. The van der Waals surface area contributed by atoms with Crippen LogP contribution in [0.3, 0.4) is 0 Å². The fourth-order valence-electron chi connectivity index (χ4n) is 1.05. The van der Waals surface area contributed by atoms with Gasteiger partial charge in [0.1, 0.15) is 0 Å². The maximum atomic E-state index is 11.3. The Hall–Kier alpha value is -2.24. The molecule has 0 radical (unpaired) electrons. The van der Waals surface area contributed by atoms with Crippen LogP contribution >= 0.6 is 0 Å². The fraction of sp³-hybridized carbons (Fsp3) is 0.273. The normalized spacial score (nSPS) is 10.9. The van der Waals surface area contributed by atoms with E-state index in [1.165, 1.54) is 0 Å². The van der Waals surface area contributed by atoms with E-state index in [-0.39, 0.29) is 0 Å². The number of carboxylic acids is 1. The van der Waals surface area contributed by atoms with Gasteiger partial charge in [0, 0.05) is 12.2 Å². The zero-order valence-corrected chi connectivity index (χ0v) is 9.43. The highest BCUT2D eigenvalue weighted by Crippen LogP contribution is 2.16. The number of hydrogen-bond donors (Lipinski definition) is 1. The van der Waals surface area contributed by atoms with Gasteiger partial charge in [0.15, 0.2) is 11.6 Å². The zero-order chi connectivity index (χ0) is 13.6. The van der Waals surface area contributed by atoms with E-state index in [2.05, 4.69) is 11.3 Å². The monoisotopic (exact) mass is 240 g/mol. The lowest BCUT2D eigenvalue weighted by Gasteiger charge is -2.23. The first-order valence-corrected chi connectivity index (χ1v) is 4.56. The molecule has 0 aliphatic heterocycles. The van der Waals surface area contributed by atoms with Gasteiger partial charge in [-0.3, -0.25) is 9.59 Å². The van der Waals surface area contributed by atoms with Gasteiger partial charge in [-0.2, -0.15) is 0 Å². The van der Waals surface area contributed by atoms with E-state index in [9.17, 15) is 19.2 Å². The molecule has 0 aromatic carbocycles. The molecule has 0 aromatic heterocycles. The molecular weight excluding hydrogens is 228 g/mol. The predicted octanol–water partition coefficient (Wildman–Crippen LogP) is 0.273. The lowest BCUT2D eigenvalue weighted by Crippen LogP contribution is -2.46. The summed E-state index contributed by atoms with van der Waals surface area (Å²) in [5, 5.41) is 8.29. The number of Topliss-reactive ketones (excluding diaryl/α,β-unsaturated/α-hetero) is 2. The smallest absolute Gasteiger partial charge is 0.332 e. The molecule has 0 saturated carbocycles. The Bertz CT molecular complexity index is 390. The minimum atomic E-state index is -2.06. The van der Waals surface area contributed by atoms with E-state index in [0.29, 0.717) is 12.2 Å². The van der Waals surface area contributed by atoms with E-state index in [4.69, 9.17) is 5.11 Å². The van der Waals surface area contributed by atoms with Crippen molar-refractivity contribution in [3.8, 4) is 0 Å². The second-order valence-electron chi connectivity index (χ2n) is 3.14. The van der Waals surface area contributed by atoms with Crippen molar-refractivity contribution in [2.75, 3.05) is 0 Å². The standard InChI is InChI=1S/C11H12O6/c1-4-11(7(2)12,8(3)13)17-10(16)6-5-9(14)15/h4-6H,1H2,2-3H3,(H,14,15). The molecule has 0 spiro atoms. The maximum Gasteiger partial charge on any atom is 0.332 e. The Balaban J connectivity index is 5.08. The molecule has 6 nitrogen and oxygen atoms in total. The SMILES string of the molecule is C=CC(OC(=O)C=CC(=O)O)(C(C)=O)C(C)=O. The number of ether oxygens (including phenoxy) is 1. The minimum Gasteiger partial charge on any atom is -0.478 e. The van der Waals surface area contributed by atoms with Gasteiger partial charge in [0.2, 0.25) is 5.60 Å². The van der Waals surface area contributed by atoms with Crippen molar-refractivity contribution in [2.45, 2.75) is 19.4 Å². The number of esters is 1. The number of carbonyl (C=O) groups excluding carboxylic acids is 3. The highest BCUT2D eigenvalue weighted by Gasteiger charge is 2.41. The Labute approximate surface area is 97.6 Å². The van der Waals surface area contributed by atoms with Crippen LogP contribution in [0.15, 0.2) is 24.8 Å². The number of hydrogen-bond acceptors (Lipinski definition) is 5. The maximum absolute atomic E-state index is 11.3. The van der Waals surface area contributed by atoms with Gasteiger partial charge in [-0.05, 0) is 19.9 Å². The van der Waals surface area contributed by atoms with Crippen LogP contribution < -0.4 is 0 Å². The average Bonchev–Trinajstić information content (AvgIpc) is 2.22. The molecule has 92 valence electrons. The van der Waals surface area contributed by atoms with Crippen molar-refractivity contribution in [3.63, 3.8) is 0 Å². The summed E-state index contributed by atoms with van der Waals surface area (Å²) >= 11 is 0. The summed E-state index contributed by atoms with van der Waals surface area (Å²) in [5.41, 5.74) is -2.06. The number of carboxylic acid groups (broad SMARTS) is 1. The summed E-state index contributed by atoms with van der Waals surface area (Å²) in [6.07, 6.45) is 2.05. The summed E-state index contributed by atoms with van der Waals surface area (Å²) in [6.45, 7) is 5.40. The van der Waals surface area contributed by atoms with Crippen LogP contribution in [0.2, 0.25) is 0 Å². The Morgan fingerprint density at radius 1 is 1.12 bits per heavy atom. The Morgan fingerprint density at radius 3 is 1.88 bits per heavy atom. The van der Waals surface area contributed by atoms with Gasteiger partial charge in [0.25, 0.3) is 0 Å². The lowest BCUT2D eigenvalue weighted by atomic mass is 9.94. The number of carbonyl (C=O) groups is 4. The second kappa shape index (κ2) is 5.74. The fourth-order valence-corrected chi connectivity index (χ4v) is 1.05. The minimum absolute atomic E-state index is 0.538. The third kappa shape index (κ3) is 3.67. The highest BCUT2D eigenvalue weighted by molar-refractivity contribution is 6.12. The van der Waals surface area contributed by atoms with Crippen molar-refractivity contribution in [1.29, 1.82) is 0 Å². The average molecular weight is 240 g/mol. The summed E-state index contributed by atoms with van der Waals surface area (Å²) < 4.78 is 4.65. The molecular formula is C11H12O6. The van der Waals surface area contributed by atoms with Gasteiger partial charge < -0.3 is 9.84 Å². The summed E-state index contributed by atoms with van der Waals surface area (Å²) in [6, 6.07) is 0. The molecule has 0 bridgehead atoms. The van der Waals surface area contributed by atoms with Gasteiger partial charge in [-0.15, -0.1) is 0 Å². The van der Waals surface area contributed by atoms with Gasteiger partial charge in [-0.1, -0.05) is 6.58 Å². The molecule has 0 heterocycles. The van der Waals surface area contributed by atoms with Crippen molar-refractivity contribution in [2.24, 2.45) is 0 Å². The number of ketones is 2. The van der Waals surface area contributed by atoms with Gasteiger partial charge in [0.05, 0.1) is 0 Å². The Kier molecular flexibility index (Phi) is 4.98. The molecule has 0 unspecified atom stereocenters. The molecule has 0 atom stereocenters. The summed E-state index contributed by atoms with van der Waals surface area (Å²) in [7, 11) is 0. The highest BCUT2D eigenvalue weighted by atomic mass is 16.6. The van der Waals surface area contributed by atoms with Crippen LogP contribution in [0, 0.1) is 0 Å². The van der Waals surface area contributed by atoms with Crippen molar-refractivity contribution in [3.05, 3.63) is 24.8 Å². The zero-order valence-electron chi connectivity index (χ0n) is 9.43. The van der Waals surface area contributed by atoms with Crippen LogP contribution in [-0.4, -0.2) is 34.2 Å². The molecule has 0 fully saturated rings. The molecule has 0 aromatic rings. The molecule has 17 heavy (non-hydrogen) atoms. The topological polar surface area (TPSA) is 97.7 Å². The lowest BCUT2D eigenvalue weighted by molar-refractivity contribution is -0.163. The molecule has 0 aliphatic carbocycles. The third-order valence-corrected chi connectivity index (χ3v) is 1.96. The molecule has 0 saturated heterocycles. The van der Waals surface area contributed by atoms with Crippen molar-refractivity contribution >= 4 is 23.5 Å². The van der Waals surface area contributed by atoms with Crippen LogP contribution in [0.4, 0.5) is 0 Å². The van der Waals surface area contributed by atoms with E-state index in [0.717, 1.165) is 19.9 Å². The van der Waals surface area contributed by atoms with Gasteiger partial charge in [-0.25, -0.2) is 9.59 Å². The van der Waals surface area contributed by atoms with Crippen LogP contribution in [-0.2, 0) is 23.9 Å². The van der Waals surface area contributed by atoms with E-state index < -0.39 is 29.1 Å². The van der Waals surface area contributed by atoms with Crippen LogP contribution in [0.25, 0.3) is 0 Å². The molecule has 6 heteroatoms. The molecule has 0 aliphatic rings. The van der Waals surface area contributed by atoms with Crippen molar-refractivity contribution < 1.29 is 29.0 Å². The van der Waals surface area contributed by atoms with Crippen LogP contribution in [0.1, 0.15) is 13.8 Å². The summed E-state index contributed by atoms with van der Waals surface area (Å²) in [4.78, 5) is 44.0. The third-order valence-electron chi connectivity index (χ3n) is 1.96. The largest absolute Gasteiger partial charge is 0.478 e. The number of aliphatic carboxylic acids is 1. The van der Waals surface area contributed by atoms with E-state index in [1.54, 1.807) is 0 Å². The van der Waals surface area contributed by atoms with Gasteiger partial charge >= 0.3 is 11.9 Å². The molecule has 0 amide bonds. The van der Waals surface area contributed by atoms with E-state index in [1.807, 2.05) is 0 Å². The molecule has 1 N–H and O–H groups in total. The quantitative estimate of drug-likeness (QED) is 0.310. The van der Waals surface area contributed by atoms with E-state index >= 15 is 0 Å². The molecule has 0 rings (SSSR count). The second-order valence-corrected chi connectivity index (χ2v) is 3.14. The van der Waals surface area contributed by atoms with Crippen molar-refractivity contribution in [1.82, 2.24) is 0 Å².